The van der Waals surface area contributed by atoms with Gasteiger partial charge in [0.15, 0.2) is 6.61 Å². The average molecular weight is 478 g/mol. The van der Waals surface area contributed by atoms with Crippen LogP contribution in [0.3, 0.4) is 0 Å². The van der Waals surface area contributed by atoms with Crippen LogP contribution < -0.4 is 15.4 Å². The van der Waals surface area contributed by atoms with Gasteiger partial charge in [0.2, 0.25) is 0 Å². The number of hydrogen-bond acceptors (Lipinski definition) is 6. The molecule has 0 unspecified atom stereocenters. The first-order valence-electron chi connectivity index (χ1n) is 9.34. The van der Waals surface area contributed by atoms with Crippen LogP contribution >= 0.6 is 11.3 Å². The number of methoxy groups -OCH3 is 1. The fourth-order valence-corrected chi connectivity index (χ4v) is 3.44. The summed E-state index contributed by atoms with van der Waals surface area (Å²) in [7, 11) is 1.24. The lowest BCUT2D eigenvalue weighted by molar-refractivity contribution is -0.137. The van der Waals surface area contributed by atoms with Crippen molar-refractivity contribution in [2.45, 2.75) is 6.18 Å². The summed E-state index contributed by atoms with van der Waals surface area (Å²) in [6.45, 7) is -0.445. The van der Waals surface area contributed by atoms with Crippen LogP contribution in [0.5, 0.6) is 5.75 Å². The molecular formula is C22H17F3N2O5S. The lowest BCUT2D eigenvalue weighted by atomic mass is 10.2. The van der Waals surface area contributed by atoms with E-state index in [4.69, 9.17) is 4.74 Å². The number of esters is 1. The van der Waals surface area contributed by atoms with Gasteiger partial charge in [-0.3, -0.25) is 9.59 Å². The van der Waals surface area contributed by atoms with E-state index < -0.39 is 36.1 Å². The average Bonchev–Trinajstić information content (AvgIpc) is 3.25. The highest BCUT2D eigenvalue weighted by Gasteiger charge is 2.30. The number of nitrogens with one attached hydrogen (secondary N) is 2. The van der Waals surface area contributed by atoms with E-state index >= 15 is 0 Å². The van der Waals surface area contributed by atoms with E-state index in [0.29, 0.717) is 5.00 Å². The molecule has 0 fully saturated rings. The molecule has 2 N–H and O–H groups in total. The van der Waals surface area contributed by atoms with Gasteiger partial charge in [-0.15, -0.1) is 11.3 Å². The molecule has 11 heteroatoms. The fourth-order valence-electron chi connectivity index (χ4n) is 2.67. The normalized spacial score (nSPS) is 10.9. The Balaban J connectivity index is 1.54. The van der Waals surface area contributed by atoms with E-state index in [1.54, 1.807) is 5.38 Å². The monoisotopic (exact) mass is 478 g/mol. The molecule has 0 aliphatic heterocycles. The lowest BCUT2D eigenvalue weighted by Crippen LogP contribution is -2.20. The molecule has 2 aromatic carbocycles. The third-order valence-electron chi connectivity index (χ3n) is 4.26. The molecule has 7 nitrogen and oxygen atoms in total. The van der Waals surface area contributed by atoms with Crippen LogP contribution in [0.1, 0.15) is 26.3 Å². The molecule has 0 spiro atoms. The second-order valence-electron chi connectivity index (χ2n) is 6.55. The van der Waals surface area contributed by atoms with Crippen LogP contribution in [-0.2, 0) is 15.7 Å². The summed E-state index contributed by atoms with van der Waals surface area (Å²) in [4.78, 5) is 36.1. The van der Waals surface area contributed by atoms with Gasteiger partial charge in [0.25, 0.3) is 11.8 Å². The van der Waals surface area contributed by atoms with Crippen LogP contribution in [0.4, 0.5) is 23.9 Å². The van der Waals surface area contributed by atoms with E-state index in [9.17, 15) is 27.6 Å². The zero-order valence-corrected chi connectivity index (χ0v) is 17.9. The Morgan fingerprint density at radius 1 is 1.00 bits per heavy atom. The molecular weight excluding hydrogens is 461 g/mol. The van der Waals surface area contributed by atoms with Gasteiger partial charge in [0, 0.05) is 11.3 Å². The second-order valence-corrected chi connectivity index (χ2v) is 7.47. The quantitative estimate of drug-likeness (QED) is 0.475. The van der Waals surface area contributed by atoms with Crippen LogP contribution in [0.2, 0.25) is 0 Å². The molecule has 3 aromatic rings. The predicted molar refractivity (Wildman–Crippen MR) is 116 cm³/mol. The molecule has 3 rings (SSSR count). The maximum atomic E-state index is 12.8. The van der Waals surface area contributed by atoms with Crippen molar-refractivity contribution in [3.8, 4) is 5.75 Å². The molecule has 1 aromatic heterocycles. The number of thiophene rings is 1. The van der Waals surface area contributed by atoms with E-state index in [2.05, 4.69) is 15.4 Å². The first kappa shape index (κ1) is 23.8. The van der Waals surface area contributed by atoms with Crippen molar-refractivity contribution in [2.75, 3.05) is 24.4 Å². The minimum atomic E-state index is -4.52. The predicted octanol–water partition coefficient (Wildman–Crippen LogP) is 4.82. The topological polar surface area (TPSA) is 93.7 Å². The Labute approximate surface area is 190 Å². The van der Waals surface area contributed by atoms with Crippen LogP contribution in [0.15, 0.2) is 60.0 Å². The standard InChI is InChI=1S/C22H17F3N2O5S/c1-31-21(30)17-9-10-33-20(17)27-19(29)13-5-7-16(8-6-13)32-12-18(28)26-15-4-2-3-14(11-15)22(23,24)25/h2-11H,12H2,1H3,(H,26,28)(H,27,29). The summed E-state index contributed by atoms with van der Waals surface area (Å²) in [5.41, 5.74) is -0.371. The molecule has 0 aliphatic rings. The van der Waals surface area contributed by atoms with Gasteiger partial charge in [-0.2, -0.15) is 13.2 Å². The smallest absolute Gasteiger partial charge is 0.416 e. The lowest BCUT2D eigenvalue weighted by Gasteiger charge is -2.11. The third kappa shape index (κ3) is 6.32. The number of carbonyl (C=O) groups excluding carboxylic acids is 3. The maximum absolute atomic E-state index is 12.8. The molecule has 0 radical (unpaired) electrons. The van der Waals surface area contributed by atoms with E-state index in [0.717, 1.165) is 12.1 Å². The van der Waals surface area contributed by atoms with Gasteiger partial charge < -0.3 is 20.1 Å². The van der Waals surface area contributed by atoms with Crippen molar-refractivity contribution in [1.82, 2.24) is 0 Å². The Hall–Kier alpha value is -3.86. The summed E-state index contributed by atoms with van der Waals surface area (Å²) < 4.78 is 48.2. The minimum absolute atomic E-state index is 0.00894. The molecule has 2 amide bonds. The van der Waals surface area contributed by atoms with Gasteiger partial charge in [-0.1, -0.05) is 6.07 Å². The molecule has 0 atom stereocenters. The van der Waals surface area contributed by atoms with Crippen molar-refractivity contribution in [2.24, 2.45) is 0 Å². The zero-order valence-electron chi connectivity index (χ0n) is 17.1. The number of alkyl halides is 3. The number of anilines is 2. The highest BCUT2D eigenvalue weighted by atomic mass is 32.1. The van der Waals surface area contributed by atoms with E-state index in [1.807, 2.05) is 0 Å². The number of amides is 2. The summed E-state index contributed by atoms with van der Waals surface area (Å²) in [6, 6.07) is 11.6. The Morgan fingerprint density at radius 3 is 2.39 bits per heavy atom. The molecule has 0 bridgehead atoms. The third-order valence-corrected chi connectivity index (χ3v) is 5.09. The van der Waals surface area contributed by atoms with Gasteiger partial charge in [0.05, 0.1) is 18.2 Å². The fraction of sp³-hybridized carbons (Fsp3) is 0.136. The summed E-state index contributed by atoms with van der Waals surface area (Å²) in [5.74, 6) is -1.41. The van der Waals surface area contributed by atoms with E-state index in [1.165, 1.54) is 60.9 Å². The number of ether oxygens (including phenoxy) is 2. The number of benzene rings is 2. The largest absolute Gasteiger partial charge is 0.484 e. The zero-order chi connectivity index (χ0) is 24.0. The number of halogens is 3. The molecule has 0 aliphatic carbocycles. The van der Waals surface area contributed by atoms with Crippen LogP contribution in [0, 0.1) is 0 Å². The number of carbonyl (C=O) groups is 3. The minimum Gasteiger partial charge on any atom is -0.484 e. The highest BCUT2D eigenvalue weighted by Crippen LogP contribution is 2.30. The highest BCUT2D eigenvalue weighted by molar-refractivity contribution is 7.14. The summed E-state index contributed by atoms with van der Waals surface area (Å²) >= 11 is 1.17. The number of hydrogen-bond donors (Lipinski definition) is 2. The van der Waals surface area contributed by atoms with Crippen LogP contribution in [-0.4, -0.2) is 31.5 Å². The first-order chi connectivity index (χ1) is 15.7. The SMILES string of the molecule is COC(=O)c1ccsc1NC(=O)c1ccc(OCC(=O)Nc2cccc(C(F)(F)F)c2)cc1. The Morgan fingerprint density at radius 2 is 1.73 bits per heavy atom. The molecule has 0 saturated heterocycles. The van der Waals surface area contributed by atoms with Crippen molar-refractivity contribution in [1.29, 1.82) is 0 Å². The van der Waals surface area contributed by atoms with Crippen LogP contribution in [0.25, 0.3) is 0 Å². The maximum Gasteiger partial charge on any atom is 0.416 e. The molecule has 0 saturated carbocycles. The van der Waals surface area contributed by atoms with Crippen molar-refractivity contribution >= 4 is 39.8 Å². The van der Waals surface area contributed by atoms with Gasteiger partial charge in [0.1, 0.15) is 10.8 Å². The van der Waals surface area contributed by atoms with Crippen molar-refractivity contribution in [3.05, 3.63) is 76.7 Å². The van der Waals surface area contributed by atoms with Crippen molar-refractivity contribution in [3.63, 3.8) is 0 Å². The summed E-state index contributed by atoms with van der Waals surface area (Å²) in [5, 5.41) is 6.95. The molecule has 1 heterocycles. The summed E-state index contributed by atoms with van der Waals surface area (Å²) in [6.07, 6.45) is -4.52. The Kier molecular flexibility index (Phi) is 7.34. The van der Waals surface area contributed by atoms with E-state index in [-0.39, 0.29) is 22.6 Å². The molecule has 172 valence electrons. The second kappa shape index (κ2) is 10.2. The first-order valence-corrected chi connectivity index (χ1v) is 10.2. The Bertz CT molecular complexity index is 1160. The van der Waals surface area contributed by atoms with Gasteiger partial charge in [-0.05, 0) is 53.9 Å². The number of rotatable bonds is 7. The molecule has 33 heavy (non-hydrogen) atoms. The van der Waals surface area contributed by atoms with Gasteiger partial charge in [-0.25, -0.2) is 4.79 Å². The van der Waals surface area contributed by atoms with Gasteiger partial charge >= 0.3 is 12.1 Å². The van der Waals surface area contributed by atoms with Crippen molar-refractivity contribution < 1.29 is 37.0 Å².